The highest BCUT2D eigenvalue weighted by Gasteiger charge is 2.21. The van der Waals surface area contributed by atoms with Crippen LogP contribution in [0.2, 0.25) is 0 Å². The van der Waals surface area contributed by atoms with Gasteiger partial charge < -0.3 is 5.32 Å². The molecule has 2 aromatic carbocycles. The molecule has 134 valence electrons. The molecule has 4 rings (SSSR count). The van der Waals surface area contributed by atoms with Crippen LogP contribution in [0.5, 0.6) is 0 Å². The first-order chi connectivity index (χ1) is 13.0. The fourth-order valence-corrected chi connectivity index (χ4v) is 2.81. The standard InChI is InChI=1S/C20H12F3N3O/c21-13-9-7-12(8-10-13)18-19(26-11-2-1-6-16(26)24-18)25-20(27)17-14(22)4-3-5-15(17)23/h1-11H,(H,25,27). The molecule has 0 fully saturated rings. The van der Waals surface area contributed by atoms with Crippen molar-refractivity contribution >= 4 is 17.4 Å². The lowest BCUT2D eigenvalue weighted by molar-refractivity contribution is 0.101. The third kappa shape index (κ3) is 3.03. The number of rotatable bonds is 3. The first kappa shape index (κ1) is 16.8. The van der Waals surface area contributed by atoms with Crippen LogP contribution in [0.15, 0.2) is 66.9 Å². The molecule has 1 amide bonds. The van der Waals surface area contributed by atoms with Gasteiger partial charge in [0.25, 0.3) is 5.91 Å². The molecule has 0 unspecified atom stereocenters. The van der Waals surface area contributed by atoms with Crippen LogP contribution >= 0.6 is 0 Å². The van der Waals surface area contributed by atoms with Crippen molar-refractivity contribution in [1.82, 2.24) is 9.38 Å². The van der Waals surface area contributed by atoms with Gasteiger partial charge in [0, 0.05) is 11.8 Å². The van der Waals surface area contributed by atoms with E-state index in [9.17, 15) is 18.0 Å². The van der Waals surface area contributed by atoms with Gasteiger partial charge in [-0.1, -0.05) is 12.1 Å². The summed E-state index contributed by atoms with van der Waals surface area (Å²) in [5.74, 6) is -3.07. The fraction of sp³-hybridized carbons (Fsp3) is 0. The van der Waals surface area contributed by atoms with Crippen molar-refractivity contribution in [2.75, 3.05) is 5.32 Å². The Labute approximate surface area is 151 Å². The summed E-state index contributed by atoms with van der Waals surface area (Å²) in [4.78, 5) is 17.0. The molecule has 2 aromatic heterocycles. The molecule has 2 heterocycles. The molecule has 0 radical (unpaired) electrons. The Hall–Kier alpha value is -3.61. The number of hydrogen-bond acceptors (Lipinski definition) is 2. The van der Waals surface area contributed by atoms with Crippen molar-refractivity contribution in [3.05, 3.63) is 89.9 Å². The van der Waals surface area contributed by atoms with E-state index < -0.39 is 28.9 Å². The second-order valence-electron chi connectivity index (χ2n) is 5.80. The number of aromatic nitrogens is 2. The van der Waals surface area contributed by atoms with Crippen molar-refractivity contribution in [1.29, 1.82) is 0 Å². The lowest BCUT2D eigenvalue weighted by Gasteiger charge is -2.09. The maximum atomic E-state index is 13.9. The summed E-state index contributed by atoms with van der Waals surface area (Å²) in [7, 11) is 0. The van der Waals surface area contributed by atoms with E-state index in [-0.39, 0.29) is 5.82 Å². The number of nitrogens with one attached hydrogen (secondary N) is 1. The average molecular weight is 367 g/mol. The molecular formula is C20H12F3N3O. The van der Waals surface area contributed by atoms with Crippen molar-refractivity contribution in [3.8, 4) is 11.3 Å². The number of amides is 1. The van der Waals surface area contributed by atoms with Crippen LogP contribution in [0.3, 0.4) is 0 Å². The van der Waals surface area contributed by atoms with Crippen LogP contribution in [-0.4, -0.2) is 15.3 Å². The quantitative estimate of drug-likeness (QED) is 0.572. The number of benzene rings is 2. The number of nitrogens with zero attached hydrogens (tertiary/aromatic N) is 2. The molecular weight excluding hydrogens is 355 g/mol. The van der Waals surface area contributed by atoms with E-state index >= 15 is 0 Å². The predicted octanol–water partition coefficient (Wildman–Crippen LogP) is 4.67. The van der Waals surface area contributed by atoms with Crippen molar-refractivity contribution in [3.63, 3.8) is 0 Å². The molecule has 4 aromatic rings. The number of halogens is 3. The molecule has 4 nitrogen and oxygen atoms in total. The maximum absolute atomic E-state index is 13.9. The summed E-state index contributed by atoms with van der Waals surface area (Å²) in [5, 5.41) is 2.53. The fourth-order valence-electron chi connectivity index (χ4n) is 2.81. The Morgan fingerprint density at radius 3 is 2.30 bits per heavy atom. The van der Waals surface area contributed by atoms with Gasteiger partial charge in [0.2, 0.25) is 0 Å². The second-order valence-corrected chi connectivity index (χ2v) is 5.80. The lowest BCUT2D eigenvalue weighted by atomic mass is 10.1. The first-order valence-corrected chi connectivity index (χ1v) is 8.03. The first-order valence-electron chi connectivity index (χ1n) is 8.03. The van der Waals surface area contributed by atoms with Crippen LogP contribution in [0.25, 0.3) is 16.9 Å². The number of imidazole rings is 1. The van der Waals surface area contributed by atoms with Crippen LogP contribution < -0.4 is 5.32 Å². The van der Waals surface area contributed by atoms with Crippen LogP contribution in [0, 0.1) is 17.5 Å². The lowest BCUT2D eigenvalue weighted by Crippen LogP contribution is -2.17. The third-order valence-electron chi connectivity index (χ3n) is 4.07. The third-order valence-corrected chi connectivity index (χ3v) is 4.07. The summed E-state index contributed by atoms with van der Waals surface area (Å²) < 4.78 is 42.7. The minimum Gasteiger partial charge on any atom is -0.306 e. The highest BCUT2D eigenvalue weighted by atomic mass is 19.1. The van der Waals surface area contributed by atoms with E-state index in [1.165, 1.54) is 30.3 Å². The smallest absolute Gasteiger partial charge is 0.262 e. The zero-order chi connectivity index (χ0) is 19.0. The van der Waals surface area contributed by atoms with Crippen molar-refractivity contribution in [2.45, 2.75) is 0 Å². The highest BCUT2D eigenvalue weighted by Crippen LogP contribution is 2.29. The molecule has 0 spiro atoms. The van der Waals surface area contributed by atoms with Gasteiger partial charge >= 0.3 is 0 Å². The van der Waals surface area contributed by atoms with E-state index in [1.807, 2.05) is 0 Å². The van der Waals surface area contributed by atoms with E-state index in [0.29, 0.717) is 16.9 Å². The summed E-state index contributed by atoms with van der Waals surface area (Å²) in [6, 6.07) is 13.9. The zero-order valence-electron chi connectivity index (χ0n) is 13.8. The largest absolute Gasteiger partial charge is 0.306 e. The topological polar surface area (TPSA) is 46.4 Å². The van der Waals surface area contributed by atoms with Gasteiger partial charge in [0.1, 0.15) is 40.2 Å². The normalized spacial score (nSPS) is 10.9. The molecule has 7 heteroatoms. The molecule has 27 heavy (non-hydrogen) atoms. The van der Waals surface area contributed by atoms with Crippen LogP contribution in [0.1, 0.15) is 10.4 Å². The van der Waals surface area contributed by atoms with Crippen molar-refractivity contribution < 1.29 is 18.0 Å². The average Bonchev–Trinajstić information content (AvgIpc) is 3.01. The highest BCUT2D eigenvalue weighted by molar-refractivity contribution is 6.06. The molecule has 0 atom stereocenters. The SMILES string of the molecule is O=C(Nc1c(-c2ccc(F)cc2)nc2ccccn12)c1c(F)cccc1F. The molecule has 0 aliphatic rings. The van der Waals surface area contributed by atoms with E-state index in [4.69, 9.17) is 0 Å². The van der Waals surface area contributed by atoms with Gasteiger partial charge in [-0.3, -0.25) is 9.20 Å². The second kappa shape index (κ2) is 6.60. The van der Waals surface area contributed by atoms with E-state index in [1.54, 1.807) is 28.8 Å². The summed E-state index contributed by atoms with van der Waals surface area (Å²) in [6.07, 6.45) is 1.66. The number of pyridine rings is 1. The Balaban J connectivity index is 1.84. The van der Waals surface area contributed by atoms with Gasteiger partial charge in [-0.2, -0.15) is 0 Å². The Morgan fingerprint density at radius 2 is 1.59 bits per heavy atom. The Kier molecular flexibility index (Phi) is 4.12. The number of anilines is 1. The maximum Gasteiger partial charge on any atom is 0.262 e. The van der Waals surface area contributed by atoms with Gasteiger partial charge in [0.05, 0.1) is 0 Å². The minimum absolute atomic E-state index is 0.227. The van der Waals surface area contributed by atoms with Gasteiger partial charge in [-0.25, -0.2) is 18.2 Å². The van der Waals surface area contributed by atoms with E-state index in [2.05, 4.69) is 10.3 Å². The monoisotopic (exact) mass is 367 g/mol. The number of fused-ring (bicyclic) bond motifs is 1. The van der Waals surface area contributed by atoms with Crippen molar-refractivity contribution in [2.24, 2.45) is 0 Å². The van der Waals surface area contributed by atoms with Crippen LogP contribution in [0.4, 0.5) is 19.0 Å². The molecule has 0 aliphatic heterocycles. The molecule has 0 saturated carbocycles. The number of carbonyl (C=O) groups is 1. The Bertz CT molecular complexity index is 1130. The van der Waals surface area contributed by atoms with E-state index in [0.717, 1.165) is 12.1 Å². The molecule has 1 N–H and O–H groups in total. The van der Waals surface area contributed by atoms with Gasteiger partial charge in [-0.15, -0.1) is 0 Å². The molecule has 0 aliphatic carbocycles. The minimum atomic E-state index is -0.968. The number of carbonyl (C=O) groups excluding carboxylic acids is 1. The Morgan fingerprint density at radius 1 is 0.889 bits per heavy atom. The van der Waals surface area contributed by atoms with Crippen LogP contribution in [-0.2, 0) is 0 Å². The summed E-state index contributed by atoms with van der Waals surface area (Å²) >= 11 is 0. The molecule has 0 bridgehead atoms. The number of hydrogen-bond donors (Lipinski definition) is 1. The summed E-state index contributed by atoms with van der Waals surface area (Å²) in [5.41, 5.74) is 0.727. The zero-order valence-corrected chi connectivity index (χ0v) is 13.8. The van der Waals surface area contributed by atoms with Gasteiger partial charge in [-0.05, 0) is 48.5 Å². The molecule has 0 saturated heterocycles. The van der Waals surface area contributed by atoms with Gasteiger partial charge in [0.15, 0.2) is 0 Å². The predicted molar refractivity (Wildman–Crippen MR) is 94.9 cm³/mol. The summed E-state index contributed by atoms with van der Waals surface area (Å²) in [6.45, 7) is 0.